The Labute approximate surface area is 118 Å². The average Bonchev–Trinajstić information content (AvgIpc) is 3.11. The first-order chi connectivity index (χ1) is 8.75. The van der Waals surface area contributed by atoms with E-state index in [1.54, 1.807) is 0 Å². The summed E-state index contributed by atoms with van der Waals surface area (Å²) < 4.78 is 5.81. The first-order valence-electron chi connectivity index (χ1n) is 6.53. The molecule has 4 heteroatoms. The second-order valence-electron chi connectivity index (χ2n) is 5.16. The zero-order chi connectivity index (χ0) is 12.5. The van der Waals surface area contributed by atoms with Crippen molar-refractivity contribution in [1.82, 2.24) is 5.32 Å². The number of nitrogens with one attached hydrogen (secondary N) is 1. The van der Waals surface area contributed by atoms with Gasteiger partial charge in [0.15, 0.2) is 0 Å². The minimum Gasteiger partial charge on any atom is -0.376 e. The smallest absolute Gasteiger partial charge is 0.0757 e. The van der Waals surface area contributed by atoms with Gasteiger partial charge in [-0.3, -0.25) is 0 Å². The summed E-state index contributed by atoms with van der Waals surface area (Å²) in [7, 11) is 0. The average molecular weight is 286 g/mol. The lowest BCUT2D eigenvalue weighted by molar-refractivity contribution is 0.0809. The Morgan fingerprint density at radius 1 is 1.22 bits per heavy atom. The normalized spacial score (nSPS) is 27.7. The van der Waals surface area contributed by atoms with Gasteiger partial charge in [-0.2, -0.15) is 0 Å². The molecule has 2 fully saturated rings. The molecule has 1 saturated heterocycles. The maximum atomic E-state index is 6.19. The van der Waals surface area contributed by atoms with E-state index in [0.29, 0.717) is 22.2 Å². The number of halogens is 2. The summed E-state index contributed by atoms with van der Waals surface area (Å²) in [4.78, 5) is 0. The van der Waals surface area contributed by atoms with Crippen molar-refractivity contribution in [3.8, 4) is 0 Å². The van der Waals surface area contributed by atoms with Gasteiger partial charge in [-0.1, -0.05) is 35.3 Å². The van der Waals surface area contributed by atoms with Crippen LogP contribution in [0.2, 0.25) is 10.0 Å². The van der Waals surface area contributed by atoms with Crippen LogP contribution >= 0.6 is 23.2 Å². The van der Waals surface area contributed by atoms with Gasteiger partial charge in [0.05, 0.1) is 16.1 Å². The SMILES string of the molecule is Clc1cccc(CNC2CCOC2C2CC2)c1Cl. The summed E-state index contributed by atoms with van der Waals surface area (Å²) in [5.74, 6) is 0.778. The molecule has 2 unspecified atom stereocenters. The van der Waals surface area contributed by atoms with Crippen molar-refractivity contribution in [2.75, 3.05) is 6.61 Å². The van der Waals surface area contributed by atoms with Crippen molar-refractivity contribution in [2.45, 2.75) is 38.0 Å². The van der Waals surface area contributed by atoms with Crippen LogP contribution in [0, 0.1) is 5.92 Å². The van der Waals surface area contributed by atoms with Crippen LogP contribution in [-0.2, 0) is 11.3 Å². The minimum absolute atomic E-state index is 0.406. The Morgan fingerprint density at radius 3 is 2.83 bits per heavy atom. The Balaban J connectivity index is 1.61. The fourth-order valence-electron chi connectivity index (χ4n) is 2.65. The zero-order valence-corrected chi connectivity index (χ0v) is 11.7. The third-order valence-corrected chi connectivity index (χ3v) is 4.67. The molecule has 1 aliphatic heterocycles. The molecule has 2 atom stereocenters. The summed E-state index contributed by atoms with van der Waals surface area (Å²) in [6.45, 7) is 1.64. The highest BCUT2D eigenvalue weighted by Crippen LogP contribution is 2.39. The van der Waals surface area contributed by atoms with E-state index in [4.69, 9.17) is 27.9 Å². The molecule has 1 saturated carbocycles. The van der Waals surface area contributed by atoms with Crippen LogP contribution in [0.1, 0.15) is 24.8 Å². The van der Waals surface area contributed by atoms with E-state index in [0.717, 1.165) is 31.1 Å². The van der Waals surface area contributed by atoms with Gasteiger partial charge in [0.1, 0.15) is 0 Å². The maximum Gasteiger partial charge on any atom is 0.0757 e. The zero-order valence-electron chi connectivity index (χ0n) is 10.2. The van der Waals surface area contributed by atoms with Crippen LogP contribution in [0.15, 0.2) is 18.2 Å². The third kappa shape index (κ3) is 2.67. The number of rotatable bonds is 4. The highest BCUT2D eigenvalue weighted by atomic mass is 35.5. The second kappa shape index (κ2) is 5.38. The van der Waals surface area contributed by atoms with Gasteiger partial charge < -0.3 is 10.1 Å². The molecular weight excluding hydrogens is 269 g/mol. The maximum absolute atomic E-state index is 6.19. The van der Waals surface area contributed by atoms with E-state index in [9.17, 15) is 0 Å². The summed E-state index contributed by atoms with van der Waals surface area (Å²) in [5.41, 5.74) is 1.06. The lowest BCUT2D eigenvalue weighted by atomic mass is 10.1. The van der Waals surface area contributed by atoms with Crippen molar-refractivity contribution in [2.24, 2.45) is 5.92 Å². The van der Waals surface area contributed by atoms with E-state index in [1.165, 1.54) is 12.8 Å². The van der Waals surface area contributed by atoms with Crippen LogP contribution in [-0.4, -0.2) is 18.8 Å². The van der Waals surface area contributed by atoms with Crippen LogP contribution in [0.5, 0.6) is 0 Å². The van der Waals surface area contributed by atoms with Crippen molar-refractivity contribution < 1.29 is 4.74 Å². The summed E-state index contributed by atoms with van der Waals surface area (Å²) in [5, 5.41) is 4.85. The van der Waals surface area contributed by atoms with Gasteiger partial charge in [0, 0.05) is 19.2 Å². The van der Waals surface area contributed by atoms with Crippen molar-refractivity contribution in [3.63, 3.8) is 0 Å². The van der Waals surface area contributed by atoms with Gasteiger partial charge in [0.2, 0.25) is 0 Å². The third-order valence-electron chi connectivity index (χ3n) is 3.81. The molecule has 1 N–H and O–H groups in total. The molecule has 98 valence electrons. The molecule has 3 rings (SSSR count). The van der Waals surface area contributed by atoms with E-state index in [-0.39, 0.29) is 0 Å². The van der Waals surface area contributed by atoms with Crippen LogP contribution in [0.4, 0.5) is 0 Å². The lowest BCUT2D eigenvalue weighted by Crippen LogP contribution is -2.37. The molecule has 0 amide bonds. The van der Waals surface area contributed by atoms with Crippen molar-refractivity contribution >= 4 is 23.2 Å². The minimum atomic E-state index is 0.406. The van der Waals surface area contributed by atoms with E-state index in [1.807, 2.05) is 18.2 Å². The molecule has 0 bridgehead atoms. The quantitative estimate of drug-likeness (QED) is 0.912. The molecule has 1 heterocycles. The van der Waals surface area contributed by atoms with Crippen LogP contribution in [0.3, 0.4) is 0 Å². The summed E-state index contributed by atoms with van der Waals surface area (Å²) >= 11 is 12.2. The molecule has 1 aliphatic carbocycles. The molecule has 2 nitrogen and oxygen atoms in total. The predicted molar refractivity (Wildman–Crippen MR) is 74.2 cm³/mol. The van der Waals surface area contributed by atoms with Crippen molar-refractivity contribution in [3.05, 3.63) is 33.8 Å². The van der Waals surface area contributed by atoms with Gasteiger partial charge in [-0.15, -0.1) is 0 Å². The summed E-state index contributed by atoms with van der Waals surface area (Å²) in [6, 6.07) is 6.24. The molecule has 1 aromatic rings. The Kier molecular flexibility index (Phi) is 3.81. The van der Waals surface area contributed by atoms with Crippen molar-refractivity contribution in [1.29, 1.82) is 0 Å². The second-order valence-corrected chi connectivity index (χ2v) is 5.95. The van der Waals surface area contributed by atoms with E-state index in [2.05, 4.69) is 5.32 Å². The number of ether oxygens (including phenoxy) is 1. The molecule has 1 aromatic carbocycles. The lowest BCUT2D eigenvalue weighted by Gasteiger charge is -2.20. The molecular formula is C14H17Cl2NO. The molecule has 0 spiro atoms. The van der Waals surface area contributed by atoms with Gasteiger partial charge in [-0.05, 0) is 36.8 Å². The first-order valence-corrected chi connectivity index (χ1v) is 7.29. The Bertz CT molecular complexity index is 434. The molecule has 2 aliphatic rings. The fraction of sp³-hybridized carbons (Fsp3) is 0.571. The monoisotopic (exact) mass is 285 g/mol. The number of benzene rings is 1. The first kappa shape index (κ1) is 12.7. The number of hydrogen-bond acceptors (Lipinski definition) is 2. The molecule has 18 heavy (non-hydrogen) atoms. The Hall–Kier alpha value is -0.280. The van der Waals surface area contributed by atoms with Gasteiger partial charge in [-0.25, -0.2) is 0 Å². The molecule has 0 aromatic heterocycles. The fourth-order valence-corrected chi connectivity index (χ4v) is 3.03. The van der Waals surface area contributed by atoms with E-state index < -0.39 is 0 Å². The largest absolute Gasteiger partial charge is 0.376 e. The standard InChI is InChI=1S/C14H17Cl2NO/c15-11-3-1-2-10(13(11)16)8-17-12-6-7-18-14(12)9-4-5-9/h1-3,9,12,14,17H,4-8H2. The van der Waals surface area contributed by atoms with Crippen LogP contribution < -0.4 is 5.32 Å². The van der Waals surface area contributed by atoms with Gasteiger partial charge in [0.25, 0.3) is 0 Å². The van der Waals surface area contributed by atoms with Crippen LogP contribution in [0.25, 0.3) is 0 Å². The predicted octanol–water partition coefficient (Wildman–Crippen LogP) is 3.65. The van der Waals surface area contributed by atoms with Gasteiger partial charge >= 0.3 is 0 Å². The van der Waals surface area contributed by atoms with E-state index >= 15 is 0 Å². The highest BCUT2D eigenvalue weighted by Gasteiger charge is 2.40. The number of hydrogen-bond donors (Lipinski definition) is 1. The Morgan fingerprint density at radius 2 is 2.06 bits per heavy atom. The molecule has 0 radical (unpaired) electrons. The summed E-state index contributed by atoms with van der Waals surface area (Å²) in [6.07, 6.45) is 4.14. The highest BCUT2D eigenvalue weighted by molar-refractivity contribution is 6.42. The topological polar surface area (TPSA) is 21.3 Å².